The summed E-state index contributed by atoms with van der Waals surface area (Å²) in [5, 5.41) is 15.6. The lowest BCUT2D eigenvalue weighted by molar-refractivity contribution is 0.273. The van der Waals surface area contributed by atoms with Crippen molar-refractivity contribution in [2.24, 2.45) is 0 Å². The van der Waals surface area contributed by atoms with Crippen molar-refractivity contribution >= 4 is 0 Å². The van der Waals surface area contributed by atoms with Gasteiger partial charge in [-0.3, -0.25) is 0 Å². The van der Waals surface area contributed by atoms with Gasteiger partial charge in [0.15, 0.2) is 5.82 Å². The number of aromatic nitrogens is 4. The van der Waals surface area contributed by atoms with Crippen molar-refractivity contribution in [2.45, 2.75) is 71.0 Å². The van der Waals surface area contributed by atoms with Crippen LogP contribution >= 0.6 is 0 Å². The van der Waals surface area contributed by atoms with Gasteiger partial charge in [0, 0.05) is 5.54 Å². The van der Waals surface area contributed by atoms with Crippen LogP contribution in [0.1, 0.15) is 59.2 Å². The zero-order chi connectivity index (χ0) is 12.5. The monoisotopic (exact) mass is 237 g/mol. The Morgan fingerprint density at radius 2 is 1.94 bits per heavy atom. The Morgan fingerprint density at radius 3 is 2.53 bits per heavy atom. The first kappa shape index (κ1) is 12.5. The molecule has 5 nitrogen and oxygen atoms in total. The molecule has 1 N–H and O–H groups in total. The largest absolute Gasteiger partial charge is 0.305 e. The number of tetrazole rings is 1. The van der Waals surface area contributed by atoms with E-state index in [0.717, 1.165) is 12.4 Å². The molecule has 0 atom stereocenters. The average molecular weight is 237 g/mol. The molecule has 1 aromatic rings. The first-order chi connectivity index (χ1) is 7.91. The molecule has 0 saturated heterocycles. The van der Waals surface area contributed by atoms with Gasteiger partial charge in [0.1, 0.15) is 0 Å². The molecule has 1 aliphatic rings. The third-order valence-corrected chi connectivity index (χ3v) is 3.50. The smallest absolute Gasteiger partial charge is 0.165 e. The van der Waals surface area contributed by atoms with Crippen LogP contribution in [0.2, 0.25) is 0 Å². The summed E-state index contributed by atoms with van der Waals surface area (Å²) in [6.07, 6.45) is 4.92. The van der Waals surface area contributed by atoms with Crippen molar-refractivity contribution in [1.82, 2.24) is 25.5 Å². The SMILES string of the molecule is CC(C)(C)NCc1nnnn1C1(C)CCCC1. The van der Waals surface area contributed by atoms with Gasteiger partial charge >= 0.3 is 0 Å². The summed E-state index contributed by atoms with van der Waals surface area (Å²) < 4.78 is 2.03. The molecule has 0 amide bonds. The lowest BCUT2D eigenvalue weighted by Gasteiger charge is -2.26. The second kappa shape index (κ2) is 4.37. The minimum Gasteiger partial charge on any atom is -0.305 e. The standard InChI is InChI=1S/C12H23N5/c1-11(2,3)13-9-10-14-15-16-17(10)12(4)7-5-6-8-12/h13H,5-9H2,1-4H3. The number of nitrogens with one attached hydrogen (secondary N) is 1. The number of rotatable bonds is 3. The summed E-state index contributed by atoms with van der Waals surface area (Å²) >= 11 is 0. The van der Waals surface area contributed by atoms with Crippen molar-refractivity contribution in [3.8, 4) is 0 Å². The van der Waals surface area contributed by atoms with Crippen molar-refractivity contribution < 1.29 is 0 Å². The first-order valence-electron chi connectivity index (χ1n) is 6.44. The molecule has 0 spiro atoms. The molecule has 0 aliphatic heterocycles. The van der Waals surface area contributed by atoms with E-state index in [1.54, 1.807) is 0 Å². The second-order valence-corrected chi connectivity index (χ2v) is 6.31. The number of nitrogens with zero attached hydrogens (tertiary/aromatic N) is 4. The number of hydrogen-bond donors (Lipinski definition) is 1. The van der Waals surface area contributed by atoms with Crippen LogP contribution in [-0.2, 0) is 12.1 Å². The molecular formula is C12H23N5. The first-order valence-corrected chi connectivity index (χ1v) is 6.44. The maximum Gasteiger partial charge on any atom is 0.165 e. The zero-order valence-electron chi connectivity index (χ0n) is 11.3. The third kappa shape index (κ3) is 2.83. The quantitative estimate of drug-likeness (QED) is 0.871. The van der Waals surface area contributed by atoms with Gasteiger partial charge in [0.2, 0.25) is 0 Å². The van der Waals surface area contributed by atoms with Crippen LogP contribution in [0.25, 0.3) is 0 Å². The molecule has 0 radical (unpaired) electrons. The van der Waals surface area contributed by atoms with E-state index in [9.17, 15) is 0 Å². The van der Waals surface area contributed by atoms with Crippen LogP contribution in [0, 0.1) is 0 Å². The molecule has 1 heterocycles. The van der Waals surface area contributed by atoms with Crippen LogP contribution in [0.4, 0.5) is 0 Å². The molecule has 0 aromatic carbocycles. The van der Waals surface area contributed by atoms with Gasteiger partial charge in [-0.15, -0.1) is 5.10 Å². The molecule has 0 unspecified atom stereocenters. The van der Waals surface area contributed by atoms with E-state index in [2.05, 4.69) is 48.5 Å². The zero-order valence-corrected chi connectivity index (χ0v) is 11.3. The maximum absolute atomic E-state index is 4.19. The van der Waals surface area contributed by atoms with E-state index < -0.39 is 0 Å². The number of hydrogen-bond acceptors (Lipinski definition) is 4. The van der Waals surface area contributed by atoms with Gasteiger partial charge in [-0.2, -0.15) is 0 Å². The van der Waals surface area contributed by atoms with Crippen LogP contribution in [0.15, 0.2) is 0 Å². The predicted molar refractivity (Wildman–Crippen MR) is 66.5 cm³/mol. The lowest BCUT2D eigenvalue weighted by Crippen LogP contribution is -2.38. The fraction of sp³-hybridized carbons (Fsp3) is 0.917. The molecule has 1 aromatic heterocycles. The van der Waals surface area contributed by atoms with Crippen molar-refractivity contribution in [3.63, 3.8) is 0 Å². The minimum atomic E-state index is 0.0906. The van der Waals surface area contributed by atoms with Gasteiger partial charge in [0.25, 0.3) is 0 Å². The highest BCUT2D eigenvalue weighted by Crippen LogP contribution is 2.35. The lowest BCUT2D eigenvalue weighted by atomic mass is 10.0. The summed E-state index contributed by atoms with van der Waals surface area (Å²) in [6, 6.07) is 0. The molecule has 5 heteroatoms. The summed E-state index contributed by atoms with van der Waals surface area (Å²) in [6.45, 7) is 9.44. The highest BCUT2D eigenvalue weighted by atomic mass is 15.6. The van der Waals surface area contributed by atoms with Crippen LogP contribution in [-0.4, -0.2) is 25.7 Å². The molecule has 2 rings (SSSR count). The van der Waals surface area contributed by atoms with Crippen molar-refractivity contribution in [3.05, 3.63) is 5.82 Å². The molecule has 1 saturated carbocycles. The van der Waals surface area contributed by atoms with Gasteiger partial charge < -0.3 is 5.32 Å². The summed E-state index contributed by atoms with van der Waals surface area (Å²) in [5.41, 5.74) is 0.214. The molecule has 96 valence electrons. The molecule has 1 aliphatic carbocycles. The normalized spacial score (nSPS) is 19.8. The maximum atomic E-state index is 4.19. The molecule has 17 heavy (non-hydrogen) atoms. The van der Waals surface area contributed by atoms with Crippen LogP contribution in [0.3, 0.4) is 0 Å². The van der Waals surface area contributed by atoms with E-state index in [-0.39, 0.29) is 11.1 Å². The Kier molecular flexibility index (Phi) is 3.21. The van der Waals surface area contributed by atoms with Crippen LogP contribution < -0.4 is 5.32 Å². The molecular weight excluding hydrogens is 214 g/mol. The summed E-state index contributed by atoms with van der Waals surface area (Å²) in [7, 11) is 0. The van der Waals surface area contributed by atoms with Gasteiger partial charge in [0.05, 0.1) is 12.1 Å². The Labute approximate surface area is 103 Å². The Bertz CT molecular complexity index is 370. The van der Waals surface area contributed by atoms with Gasteiger partial charge in [-0.1, -0.05) is 12.8 Å². The van der Waals surface area contributed by atoms with E-state index >= 15 is 0 Å². The van der Waals surface area contributed by atoms with Gasteiger partial charge in [-0.05, 0) is 51.0 Å². The highest BCUT2D eigenvalue weighted by Gasteiger charge is 2.33. The third-order valence-electron chi connectivity index (χ3n) is 3.50. The Morgan fingerprint density at radius 1 is 1.29 bits per heavy atom. The van der Waals surface area contributed by atoms with Crippen molar-refractivity contribution in [1.29, 1.82) is 0 Å². The van der Waals surface area contributed by atoms with E-state index in [1.807, 2.05) is 4.68 Å². The topological polar surface area (TPSA) is 55.6 Å². The second-order valence-electron chi connectivity index (χ2n) is 6.31. The van der Waals surface area contributed by atoms with E-state index in [0.29, 0.717) is 0 Å². The van der Waals surface area contributed by atoms with E-state index in [4.69, 9.17) is 0 Å². The fourth-order valence-electron chi connectivity index (χ4n) is 2.43. The summed E-state index contributed by atoms with van der Waals surface area (Å²) in [4.78, 5) is 0. The Hall–Kier alpha value is -0.970. The minimum absolute atomic E-state index is 0.0906. The highest BCUT2D eigenvalue weighted by molar-refractivity contribution is 4.94. The Balaban J connectivity index is 2.11. The average Bonchev–Trinajstić information content (AvgIpc) is 2.82. The molecule has 0 bridgehead atoms. The van der Waals surface area contributed by atoms with Crippen molar-refractivity contribution in [2.75, 3.05) is 0 Å². The van der Waals surface area contributed by atoms with Gasteiger partial charge in [-0.25, -0.2) is 4.68 Å². The van der Waals surface area contributed by atoms with E-state index in [1.165, 1.54) is 25.7 Å². The molecule has 1 fully saturated rings. The van der Waals surface area contributed by atoms with Crippen LogP contribution in [0.5, 0.6) is 0 Å². The fourth-order valence-corrected chi connectivity index (χ4v) is 2.43. The summed E-state index contributed by atoms with van der Waals surface area (Å²) in [5.74, 6) is 0.948. The predicted octanol–water partition coefficient (Wildman–Crippen LogP) is 1.85.